The molecule has 0 heterocycles. The number of ether oxygens (including phenoxy) is 1. The van der Waals surface area contributed by atoms with Gasteiger partial charge in [-0.2, -0.15) is 0 Å². The van der Waals surface area contributed by atoms with Gasteiger partial charge in [0.1, 0.15) is 18.2 Å². The van der Waals surface area contributed by atoms with Crippen molar-refractivity contribution in [2.75, 3.05) is 5.88 Å². The normalized spacial score (nSPS) is 9.86. The van der Waals surface area contributed by atoms with Crippen LogP contribution in [-0.4, -0.2) is 5.88 Å². The zero-order chi connectivity index (χ0) is 15.1. The van der Waals surface area contributed by atoms with Gasteiger partial charge in [0.15, 0.2) is 0 Å². The Bertz CT molecular complexity index is 670. The highest BCUT2D eigenvalue weighted by molar-refractivity contribution is 6.18. The topological polar surface area (TPSA) is 9.23 Å². The summed E-state index contributed by atoms with van der Waals surface area (Å²) in [4.78, 5) is 0. The fraction of sp³-hybridized carbons (Fsp3) is 0.222. The molecule has 0 bridgehead atoms. The second kappa shape index (κ2) is 7.71. The van der Waals surface area contributed by atoms with Crippen molar-refractivity contribution >= 4 is 11.6 Å². The van der Waals surface area contributed by atoms with Crippen molar-refractivity contribution in [3.8, 4) is 17.6 Å². The van der Waals surface area contributed by atoms with E-state index in [1.165, 1.54) is 12.1 Å². The van der Waals surface area contributed by atoms with E-state index >= 15 is 0 Å². The molecule has 21 heavy (non-hydrogen) atoms. The third kappa shape index (κ3) is 4.81. The van der Waals surface area contributed by atoms with E-state index < -0.39 is 0 Å². The summed E-state index contributed by atoms with van der Waals surface area (Å²) in [6.45, 7) is 2.43. The van der Waals surface area contributed by atoms with Crippen molar-refractivity contribution in [3.05, 3.63) is 65.0 Å². The number of benzene rings is 2. The molecule has 0 atom stereocenters. The molecule has 0 aliphatic rings. The third-order valence-electron chi connectivity index (χ3n) is 2.98. The fourth-order valence-corrected chi connectivity index (χ4v) is 1.96. The SMILES string of the molecule is Cc1ccccc1COc1cc(F)cc(C#CCCCl)c1. The zero-order valence-corrected chi connectivity index (χ0v) is 12.6. The van der Waals surface area contributed by atoms with Gasteiger partial charge < -0.3 is 4.74 Å². The predicted octanol–water partition coefficient (Wildman–Crippen LogP) is 4.69. The van der Waals surface area contributed by atoms with Crippen molar-refractivity contribution in [1.82, 2.24) is 0 Å². The Labute approximate surface area is 129 Å². The van der Waals surface area contributed by atoms with Crippen molar-refractivity contribution in [1.29, 1.82) is 0 Å². The maximum absolute atomic E-state index is 13.6. The Morgan fingerprint density at radius 3 is 2.76 bits per heavy atom. The smallest absolute Gasteiger partial charge is 0.128 e. The molecule has 0 fully saturated rings. The Morgan fingerprint density at radius 2 is 2.00 bits per heavy atom. The van der Waals surface area contributed by atoms with Crippen LogP contribution < -0.4 is 4.74 Å². The summed E-state index contributed by atoms with van der Waals surface area (Å²) in [5.74, 6) is 6.36. The van der Waals surface area contributed by atoms with Gasteiger partial charge in [0.05, 0.1) is 0 Å². The van der Waals surface area contributed by atoms with E-state index in [-0.39, 0.29) is 5.82 Å². The monoisotopic (exact) mass is 302 g/mol. The molecule has 2 aromatic rings. The number of alkyl halides is 1. The summed E-state index contributed by atoms with van der Waals surface area (Å²) in [6.07, 6.45) is 0.581. The molecule has 0 unspecified atom stereocenters. The number of hydrogen-bond donors (Lipinski definition) is 0. The molecular formula is C18H16ClFO. The molecule has 0 saturated heterocycles. The third-order valence-corrected chi connectivity index (χ3v) is 3.17. The highest BCUT2D eigenvalue weighted by Crippen LogP contribution is 2.18. The van der Waals surface area contributed by atoms with E-state index in [1.54, 1.807) is 6.07 Å². The maximum Gasteiger partial charge on any atom is 0.128 e. The van der Waals surface area contributed by atoms with E-state index in [2.05, 4.69) is 11.8 Å². The molecule has 3 heteroatoms. The molecule has 0 aliphatic carbocycles. The lowest BCUT2D eigenvalue weighted by atomic mass is 10.1. The van der Waals surface area contributed by atoms with E-state index in [0.29, 0.717) is 30.2 Å². The molecule has 0 N–H and O–H groups in total. The van der Waals surface area contributed by atoms with Crippen LogP contribution in [-0.2, 0) is 6.61 Å². The maximum atomic E-state index is 13.6. The van der Waals surface area contributed by atoms with Gasteiger partial charge in [-0.15, -0.1) is 11.6 Å². The summed E-state index contributed by atoms with van der Waals surface area (Å²) in [5, 5.41) is 0. The molecular weight excluding hydrogens is 287 g/mol. The van der Waals surface area contributed by atoms with Gasteiger partial charge in [-0.05, 0) is 30.2 Å². The van der Waals surface area contributed by atoms with Crippen molar-refractivity contribution < 1.29 is 9.13 Å². The summed E-state index contributed by atoms with van der Waals surface area (Å²) >= 11 is 5.56. The molecule has 0 radical (unpaired) electrons. The Hall–Kier alpha value is -1.98. The van der Waals surface area contributed by atoms with E-state index in [1.807, 2.05) is 31.2 Å². The van der Waals surface area contributed by atoms with Crippen molar-refractivity contribution in [2.45, 2.75) is 20.0 Å². The Balaban J connectivity index is 2.10. The van der Waals surface area contributed by atoms with Gasteiger partial charge in [0.2, 0.25) is 0 Å². The van der Waals surface area contributed by atoms with Gasteiger partial charge in [0.25, 0.3) is 0 Å². The Morgan fingerprint density at radius 1 is 1.19 bits per heavy atom. The van der Waals surface area contributed by atoms with Crippen LogP contribution in [0.25, 0.3) is 0 Å². The number of hydrogen-bond acceptors (Lipinski definition) is 1. The molecule has 0 aromatic heterocycles. The van der Waals surface area contributed by atoms with Crippen LogP contribution in [0.2, 0.25) is 0 Å². The van der Waals surface area contributed by atoms with Crippen LogP contribution >= 0.6 is 11.6 Å². The van der Waals surface area contributed by atoms with Crippen LogP contribution in [0, 0.1) is 24.6 Å². The van der Waals surface area contributed by atoms with Gasteiger partial charge in [0, 0.05) is 23.9 Å². The summed E-state index contributed by atoms with van der Waals surface area (Å²) in [6, 6.07) is 12.4. The first-order chi connectivity index (χ1) is 10.2. The van der Waals surface area contributed by atoms with Crippen LogP contribution in [0.1, 0.15) is 23.1 Å². The highest BCUT2D eigenvalue weighted by Gasteiger charge is 2.02. The van der Waals surface area contributed by atoms with Crippen LogP contribution in [0.15, 0.2) is 42.5 Å². The number of aryl methyl sites for hydroxylation is 1. The molecule has 0 saturated carbocycles. The lowest BCUT2D eigenvalue weighted by molar-refractivity contribution is 0.303. The minimum absolute atomic E-state index is 0.354. The first-order valence-electron chi connectivity index (χ1n) is 6.72. The molecule has 108 valence electrons. The van der Waals surface area contributed by atoms with E-state index in [0.717, 1.165) is 11.1 Å². The molecule has 0 amide bonds. The predicted molar refractivity (Wildman–Crippen MR) is 84.1 cm³/mol. The Kier molecular flexibility index (Phi) is 5.66. The molecule has 0 spiro atoms. The van der Waals surface area contributed by atoms with Gasteiger partial charge in [-0.25, -0.2) is 4.39 Å². The zero-order valence-electron chi connectivity index (χ0n) is 11.8. The average Bonchev–Trinajstić information content (AvgIpc) is 2.46. The fourth-order valence-electron chi connectivity index (χ4n) is 1.86. The summed E-state index contributed by atoms with van der Waals surface area (Å²) < 4.78 is 19.2. The van der Waals surface area contributed by atoms with Gasteiger partial charge >= 0.3 is 0 Å². The van der Waals surface area contributed by atoms with Gasteiger partial charge in [-0.1, -0.05) is 36.1 Å². The standard InChI is InChI=1S/C18H16ClFO/c1-14-6-2-3-8-16(14)13-21-18-11-15(7-4-5-9-19)10-17(20)12-18/h2-3,6,8,10-12H,5,9,13H2,1H3. The quantitative estimate of drug-likeness (QED) is 0.588. The molecule has 2 aromatic carbocycles. The van der Waals surface area contributed by atoms with Gasteiger partial charge in [-0.3, -0.25) is 0 Å². The lowest BCUT2D eigenvalue weighted by Gasteiger charge is -2.09. The molecule has 2 rings (SSSR count). The van der Waals surface area contributed by atoms with Crippen molar-refractivity contribution in [3.63, 3.8) is 0 Å². The summed E-state index contributed by atoms with van der Waals surface area (Å²) in [5.41, 5.74) is 2.83. The van der Waals surface area contributed by atoms with E-state index in [9.17, 15) is 4.39 Å². The minimum Gasteiger partial charge on any atom is -0.489 e. The van der Waals surface area contributed by atoms with Crippen LogP contribution in [0.5, 0.6) is 5.75 Å². The molecule has 0 aliphatic heterocycles. The second-order valence-corrected chi connectivity index (χ2v) is 5.01. The van der Waals surface area contributed by atoms with Crippen molar-refractivity contribution in [2.24, 2.45) is 0 Å². The minimum atomic E-state index is -0.354. The highest BCUT2D eigenvalue weighted by atomic mass is 35.5. The average molecular weight is 303 g/mol. The largest absolute Gasteiger partial charge is 0.489 e. The van der Waals surface area contributed by atoms with E-state index in [4.69, 9.17) is 16.3 Å². The van der Waals surface area contributed by atoms with Crippen LogP contribution in [0.3, 0.4) is 0 Å². The molecule has 1 nitrogen and oxygen atoms in total. The second-order valence-electron chi connectivity index (χ2n) is 4.63. The first kappa shape index (κ1) is 15.4. The number of halogens is 2. The summed E-state index contributed by atoms with van der Waals surface area (Å²) in [7, 11) is 0. The van der Waals surface area contributed by atoms with Crippen LogP contribution in [0.4, 0.5) is 4.39 Å². The number of rotatable bonds is 4. The first-order valence-corrected chi connectivity index (χ1v) is 7.25. The lowest BCUT2D eigenvalue weighted by Crippen LogP contribution is -1.98.